The van der Waals surface area contributed by atoms with Crippen LogP contribution in [0.4, 0.5) is 5.69 Å². The summed E-state index contributed by atoms with van der Waals surface area (Å²) in [7, 11) is 1.49. The van der Waals surface area contributed by atoms with Crippen LogP contribution in [0, 0.1) is 0 Å². The van der Waals surface area contributed by atoms with E-state index in [1.807, 2.05) is 6.92 Å². The van der Waals surface area contributed by atoms with Crippen LogP contribution in [0.1, 0.15) is 18.9 Å². The van der Waals surface area contributed by atoms with Gasteiger partial charge in [0.05, 0.1) is 6.42 Å². The van der Waals surface area contributed by atoms with E-state index in [0.717, 1.165) is 0 Å². The van der Waals surface area contributed by atoms with Crippen molar-refractivity contribution in [2.75, 3.05) is 12.4 Å². The van der Waals surface area contributed by atoms with E-state index in [4.69, 9.17) is 9.84 Å². The molecule has 0 aliphatic heterocycles. The molecule has 98 valence electrons. The van der Waals surface area contributed by atoms with E-state index in [1.54, 1.807) is 24.3 Å². The number of rotatable bonds is 6. The first-order chi connectivity index (χ1) is 8.56. The zero-order chi connectivity index (χ0) is 13.5. The van der Waals surface area contributed by atoms with E-state index in [0.29, 0.717) is 17.7 Å². The highest BCUT2D eigenvalue weighted by molar-refractivity contribution is 5.94. The van der Waals surface area contributed by atoms with E-state index < -0.39 is 12.1 Å². The molecule has 1 amide bonds. The second kappa shape index (κ2) is 6.76. The van der Waals surface area contributed by atoms with E-state index in [9.17, 15) is 9.59 Å². The third kappa shape index (κ3) is 4.18. The van der Waals surface area contributed by atoms with Crippen LogP contribution in [0.3, 0.4) is 0 Å². The summed E-state index contributed by atoms with van der Waals surface area (Å²) in [6.45, 7) is 1.86. The molecule has 0 aliphatic carbocycles. The number of carboxylic acid groups (broad SMARTS) is 1. The Hall–Kier alpha value is -1.88. The number of hydrogen-bond acceptors (Lipinski definition) is 3. The van der Waals surface area contributed by atoms with Crippen molar-refractivity contribution in [3.05, 3.63) is 29.8 Å². The molecular weight excluding hydrogens is 234 g/mol. The summed E-state index contributed by atoms with van der Waals surface area (Å²) in [5, 5.41) is 11.3. The van der Waals surface area contributed by atoms with Crippen molar-refractivity contribution < 1.29 is 19.4 Å². The van der Waals surface area contributed by atoms with Crippen molar-refractivity contribution >= 4 is 17.6 Å². The summed E-state index contributed by atoms with van der Waals surface area (Å²) in [5.74, 6) is -1.08. The molecule has 0 radical (unpaired) electrons. The summed E-state index contributed by atoms with van der Waals surface area (Å²) >= 11 is 0. The minimum Gasteiger partial charge on any atom is -0.481 e. The number of carbonyl (C=O) groups is 2. The first-order valence-electron chi connectivity index (χ1n) is 5.71. The maximum absolute atomic E-state index is 11.7. The summed E-state index contributed by atoms with van der Waals surface area (Å²) in [6, 6.07) is 6.71. The average Bonchev–Trinajstić information content (AvgIpc) is 2.32. The Kier molecular flexibility index (Phi) is 5.32. The van der Waals surface area contributed by atoms with Gasteiger partial charge in [-0.25, -0.2) is 0 Å². The van der Waals surface area contributed by atoms with Crippen LogP contribution in [0.5, 0.6) is 0 Å². The van der Waals surface area contributed by atoms with Crippen LogP contribution in [0.15, 0.2) is 24.3 Å². The predicted molar refractivity (Wildman–Crippen MR) is 67.5 cm³/mol. The molecule has 0 fully saturated rings. The van der Waals surface area contributed by atoms with Crippen LogP contribution >= 0.6 is 0 Å². The Labute approximate surface area is 106 Å². The smallest absolute Gasteiger partial charge is 0.307 e. The van der Waals surface area contributed by atoms with E-state index in [-0.39, 0.29) is 12.3 Å². The van der Waals surface area contributed by atoms with Crippen molar-refractivity contribution in [2.24, 2.45) is 0 Å². The molecule has 1 atom stereocenters. The van der Waals surface area contributed by atoms with Crippen LogP contribution in [-0.2, 0) is 20.7 Å². The quantitative estimate of drug-likeness (QED) is 0.806. The Morgan fingerprint density at radius 2 is 1.94 bits per heavy atom. The predicted octanol–water partition coefficient (Wildman–Crippen LogP) is 1.68. The van der Waals surface area contributed by atoms with Gasteiger partial charge in [0.25, 0.3) is 5.91 Å². The largest absolute Gasteiger partial charge is 0.481 e. The molecule has 5 nitrogen and oxygen atoms in total. The molecule has 0 bridgehead atoms. The number of hydrogen-bond donors (Lipinski definition) is 2. The molecule has 1 aromatic carbocycles. The van der Waals surface area contributed by atoms with Crippen LogP contribution < -0.4 is 5.32 Å². The zero-order valence-corrected chi connectivity index (χ0v) is 10.5. The lowest BCUT2D eigenvalue weighted by atomic mass is 10.1. The van der Waals surface area contributed by atoms with E-state index >= 15 is 0 Å². The van der Waals surface area contributed by atoms with Crippen molar-refractivity contribution in [3.8, 4) is 0 Å². The highest BCUT2D eigenvalue weighted by atomic mass is 16.5. The minimum atomic E-state index is -0.878. The van der Waals surface area contributed by atoms with Crippen molar-refractivity contribution in [1.29, 1.82) is 0 Å². The van der Waals surface area contributed by atoms with Crippen molar-refractivity contribution in [3.63, 3.8) is 0 Å². The van der Waals surface area contributed by atoms with Gasteiger partial charge in [-0.3, -0.25) is 9.59 Å². The Balaban J connectivity index is 2.63. The topological polar surface area (TPSA) is 75.6 Å². The zero-order valence-electron chi connectivity index (χ0n) is 10.5. The van der Waals surface area contributed by atoms with Gasteiger partial charge in [0, 0.05) is 12.8 Å². The highest BCUT2D eigenvalue weighted by Crippen LogP contribution is 2.11. The average molecular weight is 251 g/mol. The second-order valence-electron chi connectivity index (χ2n) is 3.89. The van der Waals surface area contributed by atoms with Gasteiger partial charge in [-0.05, 0) is 24.1 Å². The Bertz CT molecular complexity index is 410. The first-order valence-corrected chi connectivity index (χ1v) is 5.71. The molecule has 2 N–H and O–H groups in total. The number of carbonyl (C=O) groups excluding carboxylic acids is 1. The fourth-order valence-corrected chi connectivity index (χ4v) is 1.56. The number of ether oxygens (including phenoxy) is 1. The summed E-state index contributed by atoms with van der Waals surface area (Å²) < 4.78 is 5.02. The van der Waals surface area contributed by atoms with Gasteiger partial charge in [-0.15, -0.1) is 0 Å². The number of amides is 1. The maximum Gasteiger partial charge on any atom is 0.307 e. The van der Waals surface area contributed by atoms with Gasteiger partial charge in [0.2, 0.25) is 0 Å². The van der Waals surface area contributed by atoms with Crippen molar-refractivity contribution in [2.45, 2.75) is 25.9 Å². The number of aliphatic carboxylic acids is 1. The molecule has 5 heteroatoms. The molecule has 0 aliphatic rings. The molecular formula is C13H17NO4. The number of anilines is 1. The number of methoxy groups -OCH3 is 1. The molecule has 0 saturated carbocycles. The molecule has 18 heavy (non-hydrogen) atoms. The van der Waals surface area contributed by atoms with E-state index in [1.165, 1.54) is 7.11 Å². The fourth-order valence-electron chi connectivity index (χ4n) is 1.56. The minimum absolute atomic E-state index is 0.0239. The molecule has 1 aromatic rings. The lowest BCUT2D eigenvalue weighted by Gasteiger charge is -2.13. The first kappa shape index (κ1) is 14.2. The molecule has 1 rings (SSSR count). The monoisotopic (exact) mass is 251 g/mol. The Morgan fingerprint density at radius 3 is 2.39 bits per heavy atom. The fraction of sp³-hybridized carbons (Fsp3) is 0.385. The number of nitrogens with one attached hydrogen (secondary N) is 1. The third-order valence-electron chi connectivity index (χ3n) is 2.52. The van der Waals surface area contributed by atoms with Crippen LogP contribution in [0.2, 0.25) is 0 Å². The summed E-state index contributed by atoms with van der Waals surface area (Å²) in [6.07, 6.45) is 0.104. The lowest BCUT2D eigenvalue weighted by Crippen LogP contribution is -2.28. The normalized spacial score (nSPS) is 11.9. The number of carboxylic acids is 1. The molecule has 1 unspecified atom stereocenters. The van der Waals surface area contributed by atoms with Gasteiger partial charge in [-0.1, -0.05) is 19.1 Å². The molecule has 0 spiro atoms. The van der Waals surface area contributed by atoms with Crippen molar-refractivity contribution in [1.82, 2.24) is 0 Å². The van der Waals surface area contributed by atoms with Crippen LogP contribution in [0.25, 0.3) is 0 Å². The van der Waals surface area contributed by atoms with Gasteiger partial charge in [0.1, 0.15) is 6.10 Å². The van der Waals surface area contributed by atoms with Gasteiger partial charge >= 0.3 is 5.97 Å². The SMILES string of the molecule is CCC(OC)C(=O)Nc1ccc(CC(=O)O)cc1. The maximum atomic E-state index is 11.7. The highest BCUT2D eigenvalue weighted by Gasteiger charge is 2.15. The van der Waals surface area contributed by atoms with Gasteiger partial charge < -0.3 is 15.2 Å². The standard InChI is InChI=1S/C13H17NO4/c1-3-11(18-2)13(17)14-10-6-4-9(5-7-10)8-12(15)16/h4-7,11H,3,8H2,1-2H3,(H,14,17)(H,15,16). The number of benzene rings is 1. The summed E-state index contributed by atoms with van der Waals surface area (Å²) in [5.41, 5.74) is 1.32. The molecule has 0 heterocycles. The molecule has 0 aromatic heterocycles. The Morgan fingerprint density at radius 1 is 1.33 bits per heavy atom. The van der Waals surface area contributed by atoms with E-state index in [2.05, 4.69) is 5.32 Å². The molecule has 0 saturated heterocycles. The third-order valence-corrected chi connectivity index (χ3v) is 2.52. The summed E-state index contributed by atoms with van der Waals surface area (Å²) in [4.78, 5) is 22.2. The lowest BCUT2D eigenvalue weighted by molar-refractivity contribution is -0.136. The van der Waals surface area contributed by atoms with Gasteiger partial charge in [0.15, 0.2) is 0 Å². The van der Waals surface area contributed by atoms with Crippen LogP contribution in [-0.4, -0.2) is 30.2 Å². The second-order valence-corrected chi connectivity index (χ2v) is 3.89. The van der Waals surface area contributed by atoms with Gasteiger partial charge in [-0.2, -0.15) is 0 Å².